The number of hydrogen-bond donors (Lipinski definition) is 1. The number of nitrogens with zero attached hydrogens (tertiary/aromatic N) is 2. The van der Waals surface area contributed by atoms with Crippen LogP contribution in [-0.4, -0.2) is 61.7 Å². The molecule has 29 heavy (non-hydrogen) atoms. The van der Waals surface area contributed by atoms with Crippen molar-refractivity contribution in [3.8, 4) is 11.5 Å². The first kappa shape index (κ1) is 18.5. The highest BCUT2D eigenvalue weighted by atomic mass is 16.5. The molecule has 152 valence electrons. The van der Waals surface area contributed by atoms with E-state index in [0.717, 1.165) is 50.5 Å². The minimum atomic E-state index is 0.0363. The molecule has 0 aliphatic carbocycles. The molecule has 5 heteroatoms. The van der Waals surface area contributed by atoms with Crippen molar-refractivity contribution in [2.45, 2.75) is 18.4 Å². The Morgan fingerprint density at radius 2 is 1.93 bits per heavy atom. The van der Waals surface area contributed by atoms with E-state index in [4.69, 9.17) is 9.47 Å². The third kappa shape index (κ3) is 3.18. The summed E-state index contributed by atoms with van der Waals surface area (Å²) >= 11 is 0. The van der Waals surface area contributed by atoms with Gasteiger partial charge in [0.1, 0.15) is 18.1 Å². The average molecular weight is 392 g/mol. The molecule has 0 bridgehead atoms. The zero-order chi connectivity index (χ0) is 19.8. The zero-order valence-corrected chi connectivity index (χ0v) is 17.3. The predicted octanol–water partition coefficient (Wildman–Crippen LogP) is 3.64. The van der Waals surface area contributed by atoms with Crippen molar-refractivity contribution in [3.05, 3.63) is 59.8 Å². The van der Waals surface area contributed by atoms with Crippen LogP contribution in [0.4, 0.5) is 0 Å². The first-order valence-electron chi connectivity index (χ1n) is 10.5. The molecule has 0 amide bonds. The molecule has 2 aliphatic heterocycles. The first-order chi connectivity index (χ1) is 14.2. The second-order valence-corrected chi connectivity index (χ2v) is 8.31. The Kier molecular flexibility index (Phi) is 4.72. The Bertz CT molecular complexity index is 1000. The van der Waals surface area contributed by atoms with Crippen LogP contribution in [-0.2, 0) is 12.0 Å². The Labute approximate surface area is 172 Å². The molecular weight excluding hydrogens is 362 g/mol. The molecule has 2 aromatic carbocycles. The van der Waals surface area contributed by atoms with Crippen molar-refractivity contribution >= 4 is 10.9 Å². The van der Waals surface area contributed by atoms with Gasteiger partial charge in [0.15, 0.2) is 0 Å². The molecule has 0 radical (unpaired) electrons. The molecule has 3 aromatic rings. The number of methoxy groups -OCH3 is 1. The summed E-state index contributed by atoms with van der Waals surface area (Å²) in [7, 11) is 3.97. The Morgan fingerprint density at radius 3 is 2.69 bits per heavy atom. The van der Waals surface area contributed by atoms with Gasteiger partial charge in [0.2, 0.25) is 0 Å². The predicted molar refractivity (Wildman–Crippen MR) is 116 cm³/mol. The van der Waals surface area contributed by atoms with Gasteiger partial charge >= 0.3 is 0 Å². The van der Waals surface area contributed by atoms with Gasteiger partial charge in [-0.2, -0.15) is 0 Å². The molecule has 5 nitrogen and oxygen atoms in total. The lowest BCUT2D eigenvalue weighted by Crippen LogP contribution is -2.53. The number of rotatable bonds is 5. The highest BCUT2D eigenvalue weighted by Gasteiger charge is 2.48. The number of aromatic nitrogens is 1. The molecule has 1 aromatic heterocycles. The summed E-state index contributed by atoms with van der Waals surface area (Å²) in [6.45, 7) is 4.87. The summed E-state index contributed by atoms with van der Waals surface area (Å²) in [6, 6.07) is 16.5. The quantitative estimate of drug-likeness (QED) is 0.721. The lowest BCUT2D eigenvalue weighted by molar-refractivity contribution is 0.0630. The standard InChI is InChI=1S/C24H29N3O2/c1-26-13-11-24(17-26)23-20(21-16-19(28-2)8-9-22(21)25-23)10-12-27(24)14-15-29-18-6-4-3-5-7-18/h3-9,16,25H,10-15,17H2,1-2H3. The van der Waals surface area contributed by atoms with Crippen molar-refractivity contribution in [1.82, 2.24) is 14.8 Å². The molecule has 2 aliphatic rings. The fraction of sp³-hybridized carbons (Fsp3) is 0.417. The van der Waals surface area contributed by atoms with Crippen LogP contribution in [0.15, 0.2) is 48.5 Å². The average Bonchev–Trinajstić information content (AvgIpc) is 3.32. The maximum atomic E-state index is 6.03. The summed E-state index contributed by atoms with van der Waals surface area (Å²) < 4.78 is 11.5. The van der Waals surface area contributed by atoms with E-state index in [1.807, 2.05) is 36.4 Å². The highest BCUT2D eigenvalue weighted by molar-refractivity contribution is 5.87. The van der Waals surface area contributed by atoms with Crippen molar-refractivity contribution in [2.75, 3.05) is 46.9 Å². The topological polar surface area (TPSA) is 40.7 Å². The van der Waals surface area contributed by atoms with Gasteiger partial charge < -0.3 is 19.4 Å². The van der Waals surface area contributed by atoms with Crippen LogP contribution < -0.4 is 9.47 Å². The van der Waals surface area contributed by atoms with E-state index in [0.29, 0.717) is 6.61 Å². The largest absolute Gasteiger partial charge is 0.497 e. The molecule has 5 rings (SSSR count). The van der Waals surface area contributed by atoms with E-state index >= 15 is 0 Å². The number of aromatic amines is 1. The number of H-pyrrole nitrogens is 1. The third-order valence-electron chi connectivity index (χ3n) is 6.63. The van der Waals surface area contributed by atoms with Crippen molar-refractivity contribution in [2.24, 2.45) is 0 Å². The fourth-order valence-electron chi connectivity index (χ4n) is 5.19. The molecular formula is C24H29N3O2. The lowest BCUT2D eigenvalue weighted by atomic mass is 9.84. The first-order valence-corrected chi connectivity index (χ1v) is 10.5. The fourth-order valence-corrected chi connectivity index (χ4v) is 5.19. The van der Waals surface area contributed by atoms with Gasteiger partial charge in [0.05, 0.1) is 12.6 Å². The number of hydrogen-bond acceptors (Lipinski definition) is 4. The number of benzene rings is 2. The van der Waals surface area contributed by atoms with Crippen molar-refractivity contribution in [1.29, 1.82) is 0 Å². The Hall–Kier alpha value is -2.50. The summed E-state index contributed by atoms with van der Waals surface area (Å²) in [6.07, 6.45) is 2.20. The van der Waals surface area contributed by atoms with E-state index in [2.05, 4.69) is 34.0 Å². The number of para-hydroxylation sites is 1. The van der Waals surface area contributed by atoms with E-state index in [1.54, 1.807) is 7.11 Å². The molecule has 1 N–H and O–H groups in total. The Morgan fingerprint density at radius 1 is 1.07 bits per heavy atom. The number of fused-ring (bicyclic) bond motifs is 4. The second-order valence-electron chi connectivity index (χ2n) is 8.31. The molecule has 1 atom stereocenters. The molecule has 0 saturated carbocycles. The molecule has 1 unspecified atom stereocenters. The Balaban J connectivity index is 1.45. The van der Waals surface area contributed by atoms with E-state index in [1.165, 1.54) is 22.2 Å². The molecule has 3 heterocycles. The molecule has 1 spiro atoms. The lowest BCUT2D eigenvalue weighted by Gasteiger charge is -2.44. The SMILES string of the molecule is COc1ccc2[nH]c3c(c2c1)CCN(CCOc1ccccc1)C31CCN(C)C1. The van der Waals surface area contributed by atoms with Crippen LogP contribution in [0, 0.1) is 0 Å². The number of likely N-dealkylation sites (N-methyl/N-ethyl adjacent to an activating group) is 1. The summed E-state index contributed by atoms with van der Waals surface area (Å²) in [5.74, 6) is 1.87. The van der Waals surface area contributed by atoms with E-state index in [-0.39, 0.29) is 5.54 Å². The number of nitrogens with one attached hydrogen (secondary N) is 1. The highest BCUT2D eigenvalue weighted by Crippen LogP contribution is 2.44. The molecule has 1 fully saturated rings. The minimum absolute atomic E-state index is 0.0363. The van der Waals surface area contributed by atoms with Crippen molar-refractivity contribution in [3.63, 3.8) is 0 Å². The van der Waals surface area contributed by atoms with Gasteiger partial charge in [-0.15, -0.1) is 0 Å². The van der Waals surface area contributed by atoms with E-state index in [9.17, 15) is 0 Å². The van der Waals surface area contributed by atoms with Crippen LogP contribution in [0.1, 0.15) is 17.7 Å². The maximum absolute atomic E-state index is 6.03. The van der Waals surface area contributed by atoms with E-state index < -0.39 is 0 Å². The maximum Gasteiger partial charge on any atom is 0.119 e. The van der Waals surface area contributed by atoms with Crippen LogP contribution in [0.3, 0.4) is 0 Å². The van der Waals surface area contributed by atoms with Crippen molar-refractivity contribution < 1.29 is 9.47 Å². The van der Waals surface area contributed by atoms with Crippen LogP contribution in [0.2, 0.25) is 0 Å². The summed E-state index contributed by atoms with van der Waals surface area (Å²) in [5.41, 5.74) is 4.12. The monoisotopic (exact) mass is 391 g/mol. The minimum Gasteiger partial charge on any atom is -0.497 e. The van der Waals surface area contributed by atoms with Gasteiger partial charge in [-0.1, -0.05) is 18.2 Å². The summed E-state index contributed by atoms with van der Waals surface area (Å²) in [5, 5.41) is 1.31. The zero-order valence-electron chi connectivity index (χ0n) is 17.3. The molecule has 1 saturated heterocycles. The third-order valence-corrected chi connectivity index (χ3v) is 6.63. The van der Waals surface area contributed by atoms with Gasteiger partial charge in [-0.05, 0) is 55.8 Å². The number of ether oxygens (including phenoxy) is 2. The van der Waals surface area contributed by atoms with Crippen LogP contribution >= 0.6 is 0 Å². The van der Waals surface area contributed by atoms with Gasteiger partial charge in [-0.25, -0.2) is 0 Å². The van der Waals surface area contributed by atoms with Gasteiger partial charge in [0, 0.05) is 42.8 Å². The second kappa shape index (κ2) is 7.39. The normalized spacial score (nSPS) is 22.3. The van der Waals surface area contributed by atoms with Gasteiger partial charge in [0.25, 0.3) is 0 Å². The van der Waals surface area contributed by atoms with Crippen LogP contribution in [0.5, 0.6) is 11.5 Å². The van der Waals surface area contributed by atoms with Gasteiger partial charge in [-0.3, -0.25) is 4.90 Å². The van der Waals surface area contributed by atoms with Crippen LogP contribution in [0.25, 0.3) is 10.9 Å². The number of likely N-dealkylation sites (tertiary alicyclic amines) is 1. The summed E-state index contributed by atoms with van der Waals surface area (Å²) in [4.78, 5) is 8.89. The smallest absolute Gasteiger partial charge is 0.119 e.